The molecule has 0 spiro atoms. The van der Waals surface area contributed by atoms with E-state index in [-0.39, 0.29) is 5.56 Å². The number of aromatic carboxylic acids is 1. The second-order valence-corrected chi connectivity index (χ2v) is 5.30. The van der Waals surface area contributed by atoms with Crippen LogP contribution in [0.3, 0.4) is 0 Å². The summed E-state index contributed by atoms with van der Waals surface area (Å²) in [6.07, 6.45) is 5.00. The first-order valence-corrected chi connectivity index (χ1v) is 6.93. The van der Waals surface area contributed by atoms with Gasteiger partial charge in [-0.3, -0.25) is 4.98 Å². The number of carboxylic acid groups (broad SMARTS) is 1. The number of nitrogens with one attached hydrogen (secondary N) is 1. The van der Waals surface area contributed by atoms with Gasteiger partial charge >= 0.3 is 5.97 Å². The zero-order chi connectivity index (χ0) is 14.8. The lowest BCUT2D eigenvalue weighted by Gasteiger charge is -2.11. The maximum absolute atomic E-state index is 11.3. The lowest BCUT2D eigenvalue weighted by molar-refractivity contribution is 0.0697. The predicted octanol–water partition coefficient (Wildman–Crippen LogP) is 3.83. The van der Waals surface area contributed by atoms with Gasteiger partial charge in [-0.25, -0.2) is 9.78 Å². The van der Waals surface area contributed by atoms with Gasteiger partial charge in [0.1, 0.15) is 11.4 Å². The van der Waals surface area contributed by atoms with Crippen molar-refractivity contribution in [3.63, 3.8) is 0 Å². The van der Waals surface area contributed by atoms with Gasteiger partial charge in [-0.15, -0.1) is 0 Å². The average Bonchev–Trinajstić information content (AvgIpc) is 2.49. The highest BCUT2D eigenvalue weighted by atomic mass is 79.9. The van der Waals surface area contributed by atoms with Crippen LogP contribution in [0.4, 0.5) is 11.5 Å². The summed E-state index contributed by atoms with van der Waals surface area (Å²) < 4.78 is 0.616. The number of rotatable bonds is 3. The number of hydrogen-bond acceptors (Lipinski definition) is 4. The monoisotopic (exact) mass is 343 g/mol. The van der Waals surface area contributed by atoms with Crippen LogP contribution in [0, 0.1) is 0 Å². The van der Waals surface area contributed by atoms with E-state index in [2.05, 4.69) is 31.2 Å². The molecule has 0 aliphatic rings. The molecule has 2 N–H and O–H groups in total. The first-order valence-electron chi connectivity index (χ1n) is 6.14. The Hall–Kier alpha value is -2.47. The molecule has 2 aromatic heterocycles. The number of fused-ring (bicyclic) bond motifs is 1. The fourth-order valence-corrected chi connectivity index (χ4v) is 2.38. The van der Waals surface area contributed by atoms with Crippen LogP contribution < -0.4 is 5.32 Å². The number of nitrogens with zero attached hydrogens (tertiary/aromatic N) is 2. The van der Waals surface area contributed by atoms with Crippen LogP contribution in [0.1, 0.15) is 10.4 Å². The van der Waals surface area contributed by atoms with Gasteiger partial charge in [0.15, 0.2) is 0 Å². The van der Waals surface area contributed by atoms with Crippen molar-refractivity contribution in [3.05, 3.63) is 59.0 Å². The largest absolute Gasteiger partial charge is 0.478 e. The molecule has 0 aliphatic carbocycles. The first kappa shape index (κ1) is 13.5. The van der Waals surface area contributed by atoms with Crippen LogP contribution in [-0.2, 0) is 0 Å². The summed E-state index contributed by atoms with van der Waals surface area (Å²) in [5, 5.41) is 14.3. The highest BCUT2D eigenvalue weighted by Gasteiger charge is 2.13. The third-order valence-corrected chi connectivity index (χ3v) is 3.46. The van der Waals surface area contributed by atoms with Crippen molar-refractivity contribution in [3.8, 4) is 0 Å². The summed E-state index contributed by atoms with van der Waals surface area (Å²) >= 11 is 3.23. The highest BCUT2D eigenvalue weighted by molar-refractivity contribution is 9.10. The molecule has 0 saturated carbocycles. The van der Waals surface area contributed by atoms with Crippen LogP contribution in [0.15, 0.2) is 53.4 Å². The number of aromatic nitrogens is 2. The van der Waals surface area contributed by atoms with Gasteiger partial charge in [0, 0.05) is 34.1 Å². The average molecular weight is 344 g/mol. The Morgan fingerprint density at radius 2 is 2.10 bits per heavy atom. The van der Waals surface area contributed by atoms with Crippen molar-refractivity contribution in [2.75, 3.05) is 5.32 Å². The van der Waals surface area contributed by atoms with Gasteiger partial charge in [-0.1, -0.05) is 12.1 Å². The second kappa shape index (κ2) is 5.49. The number of halogens is 1. The zero-order valence-corrected chi connectivity index (χ0v) is 12.3. The number of carboxylic acids is 1. The Labute approximate surface area is 128 Å². The molecule has 104 valence electrons. The molecule has 0 unspecified atom stereocenters. The zero-order valence-electron chi connectivity index (χ0n) is 10.7. The highest BCUT2D eigenvalue weighted by Crippen LogP contribution is 2.27. The predicted molar refractivity (Wildman–Crippen MR) is 83.9 cm³/mol. The molecule has 3 aromatic rings. The molecule has 6 heteroatoms. The normalized spacial score (nSPS) is 10.5. The van der Waals surface area contributed by atoms with Crippen molar-refractivity contribution in [1.29, 1.82) is 0 Å². The molecule has 5 nitrogen and oxygen atoms in total. The Kier molecular flexibility index (Phi) is 3.53. The van der Waals surface area contributed by atoms with E-state index in [4.69, 9.17) is 0 Å². The second-order valence-electron chi connectivity index (χ2n) is 4.38. The van der Waals surface area contributed by atoms with E-state index in [9.17, 15) is 9.90 Å². The van der Waals surface area contributed by atoms with Gasteiger partial charge < -0.3 is 10.4 Å². The molecular formula is C15H10BrN3O2. The number of anilines is 2. The molecule has 0 fully saturated rings. The third-order valence-electron chi connectivity index (χ3n) is 3.02. The molecule has 0 aliphatic heterocycles. The van der Waals surface area contributed by atoms with Gasteiger partial charge in [0.2, 0.25) is 0 Å². The molecule has 0 bridgehead atoms. The summed E-state index contributed by atoms with van der Waals surface area (Å²) in [6.45, 7) is 0. The lowest BCUT2D eigenvalue weighted by Crippen LogP contribution is -2.05. The topological polar surface area (TPSA) is 75.1 Å². The summed E-state index contributed by atoms with van der Waals surface area (Å²) in [5.74, 6) is -0.744. The first-order chi connectivity index (χ1) is 10.1. The van der Waals surface area contributed by atoms with Crippen molar-refractivity contribution in [2.24, 2.45) is 0 Å². The standard InChI is InChI=1S/C15H10BrN3O2/c16-10-6-11(15(20)21)14(18-7-10)19-13-3-1-2-9-4-5-17-8-12(9)13/h1-8H,(H,18,19)(H,20,21). The Morgan fingerprint density at radius 1 is 1.24 bits per heavy atom. The van der Waals surface area contributed by atoms with E-state index in [0.29, 0.717) is 10.3 Å². The third kappa shape index (κ3) is 2.71. The summed E-state index contributed by atoms with van der Waals surface area (Å²) in [7, 11) is 0. The minimum Gasteiger partial charge on any atom is -0.478 e. The van der Waals surface area contributed by atoms with E-state index in [1.165, 1.54) is 6.07 Å². The Morgan fingerprint density at radius 3 is 2.90 bits per heavy atom. The smallest absolute Gasteiger partial charge is 0.339 e. The molecule has 1 aromatic carbocycles. The fraction of sp³-hybridized carbons (Fsp3) is 0. The number of carbonyl (C=O) groups is 1. The molecule has 0 radical (unpaired) electrons. The van der Waals surface area contributed by atoms with Crippen LogP contribution in [-0.4, -0.2) is 21.0 Å². The van der Waals surface area contributed by atoms with Gasteiger partial charge in [0.25, 0.3) is 0 Å². The number of pyridine rings is 2. The van der Waals surface area contributed by atoms with E-state index in [1.54, 1.807) is 18.6 Å². The molecule has 2 heterocycles. The Bertz CT molecular complexity index is 831. The van der Waals surface area contributed by atoms with E-state index < -0.39 is 5.97 Å². The van der Waals surface area contributed by atoms with Gasteiger partial charge in [-0.2, -0.15) is 0 Å². The van der Waals surface area contributed by atoms with Crippen LogP contribution in [0.5, 0.6) is 0 Å². The Balaban J connectivity index is 2.09. The van der Waals surface area contributed by atoms with Crippen LogP contribution in [0.2, 0.25) is 0 Å². The molecule has 0 saturated heterocycles. The maximum atomic E-state index is 11.3. The lowest BCUT2D eigenvalue weighted by atomic mass is 10.1. The quantitative estimate of drug-likeness (QED) is 0.755. The van der Waals surface area contributed by atoms with Gasteiger partial charge in [-0.05, 0) is 39.5 Å². The van der Waals surface area contributed by atoms with Crippen molar-refractivity contribution >= 4 is 44.2 Å². The van der Waals surface area contributed by atoms with E-state index >= 15 is 0 Å². The van der Waals surface area contributed by atoms with Crippen molar-refractivity contribution < 1.29 is 9.90 Å². The maximum Gasteiger partial charge on any atom is 0.339 e. The minimum absolute atomic E-state index is 0.102. The van der Waals surface area contributed by atoms with Crippen molar-refractivity contribution in [1.82, 2.24) is 9.97 Å². The van der Waals surface area contributed by atoms with Crippen molar-refractivity contribution in [2.45, 2.75) is 0 Å². The van der Waals surface area contributed by atoms with Gasteiger partial charge in [0.05, 0.1) is 0 Å². The van der Waals surface area contributed by atoms with E-state index in [1.807, 2.05) is 24.3 Å². The molecule has 0 amide bonds. The summed E-state index contributed by atoms with van der Waals surface area (Å²) in [5.41, 5.74) is 0.864. The molecule has 21 heavy (non-hydrogen) atoms. The number of benzene rings is 1. The SMILES string of the molecule is O=C(O)c1cc(Br)cnc1Nc1cccc2ccncc12. The fourth-order valence-electron chi connectivity index (χ4n) is 2.05. The molecule has 0 atom stereocenters. The molecule has 3 rings (SSSR count). The summed E-state index contributed by atoms with van der Waals surface area (Å²) in [6, 6.07) is 9.13. The van der Waals surface area contributed by atoms with Crippen LogP contribution >= 0.6 is 15.9 Å². The molecular weight excluding hydrogens is 334 g/mol. The van der Waals surface area contributed by atoms with E-state index in [0.717, 1.165) is 16.5 Å². The number of hydrogen-bond donors (Lipinski definition) is 2. The minimum atomic E-state index is -1.04. The van der Waals surface area contributed by atoms with Crippen LogP contribution in [0.25, 0.3) is 10.8 Å². The summed E-state index contributed by atoms with van der Waals surface area (Å²) in [4.78, 5) is 19.6.